The molecule has 132 valence electrons. The summed E-state index contributed by atoms with van der Waals surface area (Å²) >= 11 is 0. The lowest BCUT2D eigenvalue weighted by atomic mass is 10.2. The molecule has 0 bridgehead atoms. The first-order chi connectivity index (χ1) is 12.2. The van der Waals surface area contributed by atoms with E-state index in [9.17, 15) is 9.59 Å². The van der Waals surface area contributed by atoms with Gasteiger partial charge in [0.05, 0.1) is 5.69 Å². The number of ether oxygens (including phenoxy) is 2. The Morgan fingerprint density at radius 1 is 0.960 bits per heavy atom. The van der Waals surface area contributed by atoms with E-state index in [1.165, 1.54) is 0 Å². The average molecular weight is 342 g/mol. The third-order valence-electron chi connectivity index (χ3n) is 3.30. The Hall–Kier alpha value is -2.86. The summed E-state index contributed by atoms with van der Waals surface area (Å²) in [5.41, 5.74) is 0.517. The second-order valence-electron chi connectivity index (χ2n) is 5.33. The fourth-order valence-electron chi connectivity index (χ4n) is 2.12. The van der Waals surface area contributed by atoms with Gasteiger partial charge in [-0.2, -0.15) is 0 Å². The minimum absolute atomic E-state index is 0.243. The van der Waals surface area contributed by atoms with Crippen LogP contribution in [0.1, 0.15) is 12.8 Å². The van der Waals surface area contributed by atoms with Crippen LogP contribution in [0.4, 0.5) is 5.69 Å². The molecule has 25 heavy (non-hydrogen) atoms. The number of benzene rings is 2. The normalized spacial score (nSPS) is 10.1. The first-order valence-electron chi connectivity index (χ1n) is 8.06. The molecule has 0 unspecified atom stereocenters. The molecule has 0 radical (unpaired) electrons. The maximum Gasteiger partial charge on any atom is 0.233 e. The third kappa shape index (κ3) is 6.64. The van der Waals surface area contributed by atoms with E-state index in [0.717, 1.165) is 0 Å². The molecule has 0 saturated heterocycles. The van der Waals surface area contributed by atoms with Gasteiger partial charge in [-0.1, -0.05) is 30.3 Å². The van der Waals surface area contributed by atoms with Gasteiger partial charge in [0, 0.05) is 20.3 Å². The van der Waals surface area contributed by atoms with Gasteiger partial charge < -0.3 is 20.1 Å². The molecule has 0 aliphatic rings. The third-order valence-corrected chi connectivity index (χ3v) is 3.30. The van der Waals surface area contributed by atoms with Gasteiger partial charge >= 0.3 is 0 Å². The zero-order chi connectivity index (χ0) is 17.9. The zero-order valence-electron chi connectivity index (χ0n) is 14.2. The van der Waals surface area contributed by atoms with E-state index in [0.29, 0.717) is 36.8 Å². The molecule has 0 fully saturated rings. The molecular formula is C19H22N2O4. The summed E-state index contributed by atoms with van der Waals surface area (Å²) in [6.45, 7) is 1.05. The van der Waals surface area contributed by atoms with E-state index in [-0.39, 0.29) is 12.3 Å². The van der Waals surface area contributed by atoms with Gasteiger partial charge in [0.1, 0.15) is 12.2 Å². The highest BCUT2D eigenvalue weighted by molar-refractivity contribution is 6.04. The van der Waals surface area contributed by atoms with Gasteiger partial charge in [-0.05, 0) is 30.7 Å². The fraction of sp³-hybridized carbons (Fsp3) is 0.263. The monoisotopic (exact) mass is 342 g/mol. The van der Waals surface area contributed by atoms with Crippen LogP contribution in [0.3, 0.4) is 0 Å². The number of anilines is 1. The van der Waals surface area contributed by atoms with Crippen LogP contribution in [0.15, 0.2) is 54.6 Å². The van der Waals surface area contributed by atoms with Crippen LogP contribution in [-0.4, -0.2) is 32.1 Å². The Balaban J connectivity index is 1.89. The largest absolute Gasteiger partial charge is 0.455 e. The van der Waals surface area contributed by atoms with E-state index in [4.69, 9.17) is 9.47 Å². The van der Waals surface area contributed by atoms with Gasteiger partial charge in [-0.3, -0.25) is 9.59 Å². The summed E-state index contributed by atoms with van der Waals surface area (Å²) in [4.78, 5) is 23.8. The van der Waals surface area contributed by atoms with Crippen LogP contribution in [0, 0.1) is 0 Å². The number of para-hydroxylation sites is 3. The average Bonchev–Trinajstić information content (AvgIpc) is 2.61. The molecule has 0 saturated carbocycles. The van der Waals surface area contributed by atoms with Crippen LogP contribution < -0.4 is 15.4 Å². The van der Waals surface area contributed by atoms with Crippen molar-refractivity contribution in [1.82, 2.24) is 5.32 Å². The second-order valence-corrected chi connectivity index (χ2v) is 5.33. The van der Waals surface area contributed by atoms with Crippen LogP contribution in [-0.2, 0) is 14.3 Å². The smallest absolute Gasteiger partial charge is 0.233 e. The van der Waals surface area contributed by atoms with Gasteiger partial charge in [0.15, 0.2) is 5.75 Å². The summed E-state index contributed by atoms with van der Waals surface area (Å²) in [5, 5.41) is 5.39. The predicted molar refractivity (Wildman–Crippen MR) is 95.7 cm³/mol. The number of carbonyl (C=O) groups is 2. The van der Waals surface area contributed by atoms with E-state index in [1.54, 1.807) is 25.3 Å². The van der Waals surface area contributed by atoms with Gasteiger partial charge in [-0.25, -0.2) is 0 Å². The summed E-state index contributed by atoms with van der Waals surface area (Å²) in [5.74, 6) is 0.464. The van der Waals surface area contributed by atoms with Crippen LogP contribution in [0.5, 0.6) is 11.5 Å². The molecule has 2 aromatic carbocycles. The number of methoxy groups -OCH3 is 1. The quantitative estimate of drug-likeness (QED) is 0.543. The van der Waals surface area contributed by atoms with E-state index in [1.807, 2.05) is 36.4 Å². The van der Waals surface area contributed by atoms with Crippen molar-refractivity contribution in [1.29, 1.82) is 0 Å². The molecule has 2 amide bonds. The highest BCUT2D eigenvalue weighted by Crippen LogP contribution is 2.29. The van der Waals surface area contributed by atoms with E-state index < -0.39 is 5.91 Å². The lowest BCUT2D eigenvalue weighted by Gasteiger charge is -2.12. The Morgan fingerprint density at radius 3 is 2.44 bits per heavy atom. The molecule has 6 nitrogen and oxygen atoms in total. The molecule has 0 atom stereocenters. The lowest BCUT2D eigenvalue weighted by Crippen LogP contribution is -2.29. The summed E-state index contributed by atoms with van der Waals surface area (Å²) in [6.07, 6.45) is 0.463. The first-order valence-corrected chi connectivity index (χ1v) is 8.06. The standard InChI is InChI=1S/C19H22N2O4/c1-24-13-7-12-20-18(22)14-19(23)21-16-10-5-6-11-17(16)25-15-8-3-2-4-9-15/h2-6,8-11H,7,12-14H2,1H3,(H,20,22)(H,21,23). The van der Waals surface area contributed by atoms with Crippen molar-refractivity contribution in [3.8, 4) is 11.5 Å². The van der Waals surface area contributed by atoms with Crippen molar-refractivity contribution in [3.63, 3.8) is 0 Å². The number of nitrogens with one attached hydrogen (secondary N) is 2. The number of rotatable bonds is 9. The van der Waals surface area contributed by atoms with Crippen LogP contribution in [0.25, 0.3) is 0 Å². The van der Waals surface area contributed by atoms with Gasteiger partial charge in [-0.15, -0.1) is 0 Å². The summed E-state index contributed by atoms with van der Waals surface area (Å²) < 4.78 is 10.7. The number of amides is 2. The molecule has 2 N–H and O–H groups in total. The number of hydrogen-bond acceptors (Lipinski definition) is 4. The Kier molecular flexibility index (Phi) is 7.46. The molecule has 0 spiro atoms. The van der Waals surface area contributed by atoms with Crippen molar-refractivity contribution >= 4 is 17.5 Å². The Morgan fingerprint density at radius 2 is 1.68 bits per heavy atom. The Labute approximate surface area is 147 Å². The first kappa shape index (κ1) is 18.5. The minimum Gasteiger partial charge on any atom is -0.455 e. The van der Waals surface area contributed by atoms with Crippen molar-refractivity contribution < 1.29 is 19.1 Å². The molecular weight excluding hydrogens is 320 g/mol. The highest BCUT2D eigenvalue weighted by Gasteiger charge is 2.12. The van der Waals surface area contributed by atoms with Crippen molar-refractivity contribution in [2.24, 2.45) is 0 Å². The highest BCUT2D eigenvalue weighted by atomic mass is 16.5. The van der Waals surface area contributed by atoms with Crippen molar-refractivity contribution in [2.45, 2.75) is 12.8 Å². The molecule has 0 aliphatic heterocycles. The molecule has 0 aromatic heterocycles. The van der Waals surface area contributed by atoms with Gasteiger partial charge in [0.25, 0.3) is 0 Å². The summed E-state index contributed by atoms with van der Waals surface area (Å²) in [6, 6.07) is 16.4. The Bertz CT molecular complexity index is 689. The number of hydrogen-bond donors (Lipinski definition) is 2. The van der Waals surface area contributed by atoms with E-state index >= 15 is 0 Å². The molecule has 0 heterocycles. The SMILES string of the molecule is COCCCNC(=O)CC(=O)Nc1ccccc1Oc1ccccc1. The molecule has 2 aromatic rings. The second kappa shape index (κ2) is 10.1. The molecule has 2 rings (SSSR count). The van der Waals surface area contributed by atoms with E-state index in [2.05, 4.69) is 10.6 Å². The maximum absolute atomic E-state index is 12.1. The van der Waals surface area contributed by atoms with Gasteiger partial charge in [0.2, 0.25) is 11.8 Å². The maximum atomic E-state index is 12.1. The van der Waals surface area contributed by atoms with Crippen LogP contribution in [0.2, 0.25) is 0 Å². The minimum atomic E-state index is -0.395. The van der Waals surface area contributed by atoms with Crippen molar-refractivity contribution in [2.75, 3.05) is 25.6 Å². The predicted octanol–water partition coefficient (Wildman–Crippen LogP) is 2.96. The zero-order valence-corrected chi connectivity index (χ0v) is 14.2. The molecule has 0 aliphatic carbocycles. The summed E-state index contributed by atoms with van der Waals surface area (Å²) in [7, 11) is 1.60. The topological polar surface area (TPSA) is 76.7 Å². The molecule has 6 heteroatoms. The number of carbonyl (C=O) groups excluding carboxylic acids is 2. The van der Waals surface area contributed by atoms with Crippen LogP contribution >= 0.6 is 0 Å². The lowest BCUT2D eigenvalue weighted by molar-refractivity contribution is -0.126. The fourth-order valence-corrected chi connectivity index (χ4v) is 2.12. The van der Waals surface area contributed by atoms with Crippen molar-refractivity contribution in [3.05, 3.63) is 54.6 Å².